The van der Waals surface area contributed by atoms with Crippen LogP contribution in [-0.4, -0.2) is 11.2 Å². The molecule has 0 radical (unpaired) electrons. The van der Waals surface area contributed by atoms with Gasteiger partial charge in [-0.2, -0.15) is 0 Å². The standard InChI is InChI=1S/C16H24O2/c1-2-3-4-5-6-9-13-12-15(17)14-10-7-8-11-16(14)18-13/h7-8,10-11,13,15,17H,2-6,9,12H2,1H3. The topological polar surface area (TPSA) is 29.5 Å². The Labute approximate surface area is 110 Å². The zero-order valence-electron chi connectivity index (χ0n) is 11.3. The van der Waals surface area contributed by atoms with Gasteiger partial charge in [0.15, 0.2) is 0 Å². The molecule has 0 bridgehead atoms. The summed E-state index contributed by atoms with van der Waals surface area (Å²) in [7, 11) is 0. The highest BCUT2D eigenvalue weighted by Crippen LogP contribution is 2.35. The molecule has 18 heavy (non-hydrogen) atoms. The van der Waals surface area contributed by atoms with Gasteiger partial charge in [-0.15, -0.1) is 0 Å². The molecule has 0 spiro atoms. The number of benzene rings is 1. The fraction of sp³-hybridized carbons (Fsp3) is 0.625. The quantitative estimate of drug-likeness (QED) is 0.763. The van der Waals surface area contributed by atoms with Crippen molar-refractivity contribution in [1.29, 1.82) is 0 Å². The first kappa shape index (κ1) is 13.4. The number of hydrogen-bond donors (Lipinski definition) is 1. The lowest BCUT2D eigenvalue weighted by atomic mass is 9.96. The van der Waals surface area contributed by atoms with Crippen LogP contribution in [0.3, 0.4) is 0 Å². The first-order valence-corrected chi connectivity index (χ1v) is 7.25. The van der Waals surface area contributed by atoms with Crippen molar-refractivity contribution in [2.24, 2.45) is 0 Å². The highest BCUT2D eigenvalue weighted by molar-refractivity contribution is 5.36. The molecule has 2 rings (SSSR count). The fourth-order valence-electron chi connectivity index (χ4n) is 2.62. The van der Waals surface area contributed by atoms with Gasteiger partial charge in [0, 0.05) is 12.0 Å². The monoisotopic (exact) mass is 248 g/mol. The second-order valence-corrected chi connectivity index (χ2v) is 5.23. The molecule has 100 valence electrons. The van der Waals surface area contributed by atoms with Gasteiger partial charge in [0.05, 0.1) is 6.10 Å². The molecule has 0 amide bonds. The first-order valence-electron chi connectivity index (χ1n) is 7.25. The largest absolute Gasteiger partial charge is 0.490 e. The molecule has 1 heterocycles. The van der Waals surface area contributed by atoms with Crippen LogP contribution in [0, 0.1) is 0 Å². The van der Waals surface area contributed by atoms with Crippen LogP contribution in [0.2, 0.25) is 0 Å². The fourth-order valence-corrected chi connectivity index (χ4v) is 2.62. The van der Waals surface area contributed by atoms with Crippen LogP contribution >= 0.6 is 0 Å². The van der Waals surface area contributed by atoms with Crippen molar-refractivity contribution in [2.45, 2.75) is 64.1 Å². The molecule has 0 saturated heterocycles. The molecule has 2 atom stereocenters. The average molecular weight is 248 g/mol. The summed E-state index contributed by atoms with van der Waals surface area (Å²) in [4.78, 5) is 0. The van der Waals surface area contributed by atoms with Crippen LogP contribution in [0.25, 0.3) is 0 Å². The lowest BCUT2D eigenvalue weighted by Crippen LogP contribution is -2.25. The maximum Gasteiger partial charge on any atom is 0.125 e. The first-order chi connectivity index (χ1) is 8.81. The molecule has 0 aromatic heterocycles. The van der Waals surface area contributed by atoms with Crippen LogP contribution in [0.5, 0.6) is 5.75 Å². The van der Waals surface area contributed by atoms with E-state index >= 15 is 0 Å². The lowest BCUT2D eigenvalue weighted by Gasteiger charge is -2.29. The Bertz CT molecular complexity index is 362. The van der Waals surface area contributed by atoms with Crippen LogP contribution in [-0.2, 0) is 0 Å². The van der Waals surface area contributed by atoms with Gasteiger partial charge >= 0.3 is 0 Å². The number of aliphatic hydroxyl groups excluding tert-OH is 1. The zero-order valence-corrected chi connectivity index (χ0v) is 11.3. The zero-order chi connectivity index (χ0) is 12.8. The minimum atomic E-state index is -0.351. The van der Waals surface area contributed by atoms with Gasteiger partial charge in [0.2, 0.25) is 0 Å². The van der Waals surface area contributed by atoms with E-state index in [4.69, 9.17) is 4.74 Å². The van der Waals surface area contributed by atoms with Gasteiger partial charge in [-0.25, -0.2) is 0 Å². The Kier molecular flexibility index (Phi) is 5.06. The Morgan fingerprint density at radius 3 is 2.78 bits per heavy atom. The predicted molar refractivity (Wildman–Crippen MR) is 73.8 cm³/mol. The summed E-state index contributed by atoms with van der Waals surface area (Å²) in [5.41, 5.74) is 0.944. The van der Waals surface area contributed by atoms with Gasteiger partial charge < -0.3 is 9.84 Å². The molecule has 1 aliphatic rings. The van der Waals surface area contributed by atoms with Crippen molar-refractivity contribution in [2.75, 3.05) is 0 Å². The Hall–Kier alpha value is -1.02. The minimum Gasteiger partial charge on any atom is -0.490 e. The van der Waals surface area contributed by atoms with Crippen LogP contribution in [0.1, 0.15) is 63.5 Å². The molecule has 0 fully saturated rings. The molecule has 1 aromatic rings. The molecule has 0 aliphatic carbocycles. The maximum absolute atomic E-state index is 10.1. The molecule has 1 aromatic carbocycles. The summed E-state index contributed by atoms with van der Waals surface area (Å²) in [5.74, 6) is 0.870. The summed E-state index contributed by atoms with van der Waals surface area (Å²) in [5, 5.41) is 10.1. The number of unbranched alkanes of at least 4 members (excludes halogenated alkanes) is 4. The summed E-state index contributed by atoms with van der Waals surface area (Å²) in [6.07, 6.45) is 8.07. The number of hydrogen-bond acceptors (Lipinski definition) is 2. The van der Waals surface area contributed by atoms with E-state index in [2.05, 4.69) is 6.92 Å². The van der Waals surface area contributed by atoms with Crippen LogP contribution < -0.4 is 4.74 Å². The van der Waals surface area contributed by atoms with Crippen molar-refractivity contribution < 1.29 is 9.84 Å². The normalized spacial score (nSPS) is 22.3. The smallest absolute Gasteiger partial charge is 0.125 e. The Morgan fingerprint density at radius 1 is 1.17 bits per heavy atom. The highest BCUT2D eigenvalue weighted by atomic mass is 16.5. The SMILES string of the molecule is CCCCCCCC1CC(O)c2ccccc2O1. The highest BCUT2D eigenvalue weighted by Gasteiger charge is 2.25. The molecule has 0 saturated carbocycles. The third-order valence-electron chi connectivity index (χ3n) is 3.69. The third-order valence-corrected chi connectivity index (χ3v) is 3.69. The molecular weight excluding hydrogens is 224 g/mol. The molecule has 2 heteroatoms. The van der Waals surface area contributed by atoms with E-state index in [1.807, 2.05) is 24.3 Å². The van der Waals surface area contributed by atoms with Gasteiger partial charge in [-0.05, 0) is 18.9 Å². The van der Waals surface area contributed by atoms with Crippen molar-refractivity contribution >= 4 is 0 Å². The second-order valence-electron chi connectivity index (χ2n) is 5.23. The van der Waals surface area contributed by atoms with Crippen molar-refractivity contribution in [3.8, 4) is 5.75 Å². The summed E-state index contributed by atoms with van der Waals surface area (Å²) >= 11 is 0. The van der Waals surface area contributed by atoms with Gasteiger partial charge in [0.25, 0.3) is 0 Å². The maximum atomic E-state index is 10.1. The summed E-state index contributed by atoms with van der Waals surface area (Å²) < 4.78 is 5.95. The average Bonchev–Trinajstić information content (AvgIpc) is 2.39. The molecule has 2 nitrogen and oxygen atoms in total. The van der Waals surface area contributed by atoms with E-state index in [1.165, 1.54) is 32.1 Å². The van der Waals surface area contributed by atoms with Crippen molar-refractivity contribution in [3.63, 3.8) is 0 Å². The molecule has 1 N–H and O–H groups in total. The number of aliphatic hydroxyl groups is 1. The van der Waals surface area contributed by atoms with Crippen molar-refractivity contribution in [1.82, 2.24) is 0 Å². The number of ether oxygens (including phenoxy) is 1. The van der Waals surface area contributed by atoms with E-state index < -0.39 is 0 Å². The van der Waals surface area contributed by atoms with Gasteiger partial charge in [0.1, 0.15) is 11.9 Å². The third kappa shape index (κ3) is 3.49. The second kappa shape index (κ2) is 6.79. The molecule has 1 aliphatic heterocycles. The van der Waals surface area contributed by atoms with E-state index in [1.54, 1.807) is 0 Å². The van der Waals surface area contributed by atoms with E-state index in [-0.39, 0.29) is 12.2 Å². The van der Waals surface area contributed by atoms with E-state index in [0.717, 1.165) is 24.2 Å². The minimum absolute atomic E-state index is 0.191. The Morgan fingerprint density at radius 2 is 1.94 bits per heavy atom. The van der Waals surface area contributed by atoms with Crippen molar-refractivity contribution in [3.05, 3.63) is 29.8 Å². The van der Waals surface area contributed by atoms with Gasteiger partial charge in [-0.3, -0.25) is 0 Å². The van der Waals surface area contributed by atoms with E-state index in [9.17, 15) is 5.11 Å². The number of fused-ring (bicyclic) bond motifs is 1. The van der Waals surface area contributed by atoms with Crippen LogP contribution in [0.15, 0.2) is 24.3 Å². The van der Waals surface area contributed by atoms with E-state index in [0.29, 0.717) is 0 Å². The lowest BCUT2D eigenvalue weighted by molar-refractivity contribution is 0.0605. The molecule has 2 unspecified atom stereocenters. The summed E-state index contributed by atoms with van der Waals surface area (Å²) in [6, 6.07) is 7.84. The molecular formula is C16H24O2. The van der Waals surface area contributed by atoms with Crippen LogP contribution in [0.4, 0.5) is 0 Å². The number of rotatable bonds is 6. The summed E-state index contributed by atoms with van der Waals surface area (Å²) in [6.45, 7) is 2.23. The van der Waals surface area contributed by atoms with Gasteiger partial charge in [-0.1, -0.05) is 50.8 Å². The number of para-hydroxylation sites is 1. The Balaban J connectivity index is 1.80. The predicted octanol–water partition coefficient (Wildman–Crippen LogP) is 4.23.